The highest BCUT2D eigenvalue weighted by Gasteiger charge is 2.16. The summed E-state index contributed by atoms with van der Waals surface area (Å²) in [6.07, 6.45) is 0. The summed E-state index contributed by atoms with van der Waals surface area (Å²) in [5, 5.41) is 7.10. The average molecular weight is 371 g/mol. The zero-order valence-electron chi connectivity index (χ0n) is 13.2. The molecule has 0 heterocycles. The van der Waals surface area contributed by atoms with Gasteiger partial charge in [0.15, 0.2) is 0 Å². The first kappa shape index (κ1) is 17.3. The lowest BCUT2D eigenvalue weighted by Crippen LogP contribution is -2.33. The molecule has 0 saturated carbocycles. The molecule has 0 aliphatic heterocycles. The van der Waals surface area contributed by atoms with Crippen LogP contribution in [0.4, 0.5) is 10.5 Å². The van der Waals surface area contributed by atoms with E-state index >= 15 is 0 Å². The molecule has 2 N–H and O–H groups in total. The van der Waals surface area contributed by atoms with Crippen molar-refractivity contribution in [3.05, 3.63) is 100 Å². The second kappa shape index (κ2) is 8.06. The fourth-order valence-corrected chi connectivity index (χ4v) is 2.74. The summed E-state index contributed by atoms with van der Waals surface area (Å²) in [5.74, 6) is 0. The Morgan fingerprint density at radius 2 is 1.24 bits per heavy atom. The van der Waals surface area contributed by atoms with Gasteiger partial charge in [-0.2, -0.15) is 0 Å². The molecule has 3 nitrogen and oxygen atoms in total. The molecule has 0 saturated heterocycles. The first-order valence-electron chi connectivity index (χ1n) is 7.75. The monoisotopic (exact) mass is 370 g/mol. The van der Waals surface area contributed by atoms with Crippen LogP contribution >= 0.6 is 23.2 Å². The molecule has 3 aromatic carbocycles. The molecule has 0 radical (unpaired) electrons. The zero-order valence-corrected chi connectivity index (χ0v) is 14.8. The third-order valence-corrected chi connectivity index (χ3v) is 4.22. The van der Waals surface area contributed by atoms with Crippen LogP contribution in [-0.4, -0.2) is 6.03 Å². The minimum atomic E-state index is -0.300. The maximum Gasteiger partial charge on any atom is 0.319 e. The van der Waals surface area contributed by atoms with E-state index in [1.165, 1.54) is 0 Å². The third-order valence-electron chi connectivity index (χ3n) is 3.71. The normalized spacial score (nSPS) is 11.6. The highest BCUT2D eigenvalue weighted by Crippen LogP contribution is 2.24. The number of hydrogen-bond donors (Lipinski definition) is 2. The molecule has 126 valence electrons. The van der Waals surface area contributed by atoms with E-state index < -0.39 is 0 Å². The fraction of sp³-hybridized carbons (Fsp3) is 0.0500. The minimum Gasteiger partial charge on any atom is -0.327 e. The number of benzene rings is 3. The van der Waals surface area contributed by atoms with Crippen molar-refractivity contribution in [2.45, 2.75) is 6.04 Å². The molecule has 0 fully saturated rings. The number of anilines is 1. The maximum absolute atomic E-state index is 12.4. The number of hydrogen-bond acceptors (Lipinski definition) is 1. The van der Waals surface area contributed by atoms with E-state index in [-0.39, 0.29) is 12.1 Å². The molecule has 1 atom stereocenters. The van der Waals surface area contributed by atoms with E-state index in [4.69, 9.17) is 23.2 Å². The Labute approximate surface area is 156 Å². The third kappa shape index (κ3) is 4.75. The van der Waals surface area contributed by atoms with Crippen LogP contribution in [-0.2, 0) is 0 Å². The van der Waals surface area contributed by atoms with Gasteiger partial charge in [-0.25, -0.2) is 4.79 Å². The zero-order chi connectivity index (χ0) is 17.6. The Bertz CT molecular complexity index is 834. The second-order valence-corrected chi connectivity index (χ2v) is 6.37. The largest absolute Gasteiger partial charge is 0.327 e. The van der Waals surface area contributed by atoms with Gasteiger partial charge < -0.3 is 10.6 Å². The van der Waals surface area contributed by atoms with Crippen molar-refractivity contribution in [1.29, 1.82) is 0 Å². The lowest BCUT2D eigenvalue weighted by atomic mass is 9.99. The molecule has 25 heavy (non-hydrogen) atoms. The summed E-state index contributed by atoms with van der Waals surface area (Å²) in [4.78, 5) is 12.4. The van der Waals surface area contributed by atoms with Crippen LogP contribution in [0.25, 0.3) is 0 Å². The summed E-state index contributed by atoms with van der Waals surface area (Å²) in [6.45, 7) is 0. The molecular formula is C20H16Cl2N2O. The minimum absolute atomic E-state index is 0.286. The molecule has 0 spiro atoms. The molecule has 1 unspecified atom stereocenters. The number of halogens is 2. The lowest BCUT2D eigenvalue weighted by molar-refractivity contribution is 0.250. The molecule has 3 rings (SSSR count). The van der Waals surface area contributed by atoms with Crippen molar-refractivity contribution in [2.24, 2.45) is 0 Å². The van der Waals surface area contributed by atoms with Crippen LogP contribution in [0.1, 0.15) is 17.2 Å². The van der Waals surface area contributed by atoms with Crippen LogP contribution in [0.3, 0.4) is 0 Å². The van der Waals surface area contributed by atoms with Crippen molar-refractivity contribution >= 4 is 34.9 Å². The Morgan fingerprint density at radius 1 is 0.720 bits per heavy atom. The molecule has 3 aromatic rings. The number of carbonyl (C=O) groups is 1. The van der Waals surface area contributed by atoms with Gasteiger partial charge in [0.25, 0.3) is 0 Å². The van der Waals surface area contributed by atoms with Crippen molar-refractivity contribution in [3.8, 4) is 0 Å². The van der Waals surface area contributed by atoms with Gasteiger partial charge in [-0.3, -0.25) is 0 Å². The van der Waals surface area contributed by atoms with Gasteiger partial charge in [0.2, 0.25) is 0 Å². The number of nitrogens with one attached hydrogen (secondary N) is 2. The average Bonchev–Trinajstić information content (AvgIpc) is 2.63. The number of urea groups is 1. The van der Waals surface area contributed by atoms with Crippen molar-refractivity contribution < 1.29 is 4.79 Å². The van der Waals surface area contributed by atoms with Gasteiger partial charge in [0.1, 0.15) is 0 Å². The highest BCUT2D eigenvalue weighted by atomic mass is 35.5. The summed E-state index contributed by atoms with van der Waals surface area (Å²) < 4.78 is 0. The SMILES string of the molecule is O=C(Nc1ccc(Cl)cc1)NC(c1ccccc1)c1ccc(Cl)cc1. The van der Waals surface area contributed by atoms with Crippen molar-refractivity contribution in [1.82, 2.24) is 5.32 Å². The summed E-state index contributed by atoms with van der Waals surface area (Å²) in [7, 11) is 0. The molecule has 0 aromatic heterocycles. The predicted octanol–water partition coefficient (Wildman–Crippen LogP) is 5.90. The maximum atomic E-state index is 12.4. The Hall–Kier alpha value is -2.49. The number of carbonyl (C=O) groups excluding carboxylic acids is 1. The van der Waals surface area contributed by atoms with Gasteiger partial charge in [0.05, 0.1) is 6.04 Å². The molecular weight excluding hydrogens is 355 g/mol. The van der Waals surface area contributed by atoms with Crippen LogP contribution < -0.4 is 10.6 Å². The Balaban J connectivity index is 1.81. The number of amides is 2. The topological polar surface area (TPSA) is 41.1 Å². The smallest absolute Gasteiger partial charge is 0.319 e. The summed E-state index contributed by atoms with van der Waals surface area (Å²) in [5.41, 5.74) is 2.60. The fourth-order valence-electron chi connectivity index (χ4n) is 2.49. The Morgan fingerprint density at radius 3 is 1.84 bits per heavy atom. The van der Waals surface area contributed by atoms with Gasteiger partial charge in [-0.1, -0.05) is 65.7 Å². The van der Waals surface area contributed by atoms with E-state index in [9.17, 15) is 4.79 Å². The van der Waals surface area contributed by atoms with Crippen molar-refractivity contribution in [2.75, 3.05) is 5.32 Å². The summed E-state index contributed by atoms with van der Waals surface area (Å²) in [6, 6.07) is 23.6. The second-order valence-electron chi connectivity index (χ2n) is 5.50. The van der Waals surface area contributed by atoms with Crippen LogP contribution in [0.15, 0.2) is 78.9 Å². The molecule has 0 aliphatic carbocycles. The quantitative estimate of drug-likeness (QED) is 0.589. The van der Waals surface area contributed by atoms with Crippen LogP contribution in [0.5, 0.6) is 0 Å². The number of rotatable bonds is 4. The van der Waals surface area contributed by atoms with Crippen LogP contribution in [0.2, 0.25) is 10.0 Å². The highest BCUT2D eigenvalue weighted by molar-refractivity contribution is 6.30. The molecule has 2 amide bonds. The van der Waals surface area contributed by atoms with Gasteiger partial charge in [-0.15, -0.1) is 0 Å². The molecule has 5 heteroatoms. The van der Waals surface area contributed by atoms with E-state index in [0.717, 1.165) is 11.1 Å². The summed E-state index contributed by atoms with van der Waals surface area (Å²) >= 11 is 11.8. The molecule has 0 aliphatic rings. The van der Waals surface area contributed by atoms with Gasteiger partial charge >= 0.3 is 6.03 Å². The first-order chi connectivity index (χ1) is 12.1. The Kier molecular flexibility index (Phi) is 5.59. The standard InChI is InChI=1S/C20H16Cl2N2O/c21-16-8-6-15(7-9-16)19(14-4-2-1-3-5-14)24-20(25)23-18-12-10-17(22)11-13-18/h1-13,19H,(H2,23,24,25). The first-order valence-corrected chi connectivity index (χ1v) is 8.51. The van der Waals surface area contributed by atoms with Crippen LogP contribution in [0, 0.1) is 0 Å². The lowest BCUT2D eigenvalue weighted by Gasteiger charge is -2.20. The van der Waals surface area contributed by atoms with Crippen molar-refractivity contribution in [3.63, 3.8) is 0 Å². The van der Waals surface area contributed by atoms with Gasteiger partial charge in [-0.05, 0) is 47.5 Å². The van der Waals surface area contributed by atoms with E-state index in [2.05, 4.69) is 10.6 Å². The van der Waals surface area contributed by atoms with Gasteiger partial charge in [0, 0.05) is 15.7 Å². The van der Waals surface area contributed by atoms with E-state index in [0.29, 0.717) is 15.7 Å². The van der Waals surface area contributed by atoms with E-state index in [1.807, 2.05) is 54.6 Å². The molecule has 0 bridgehead atoms. The predicted molar refractivity (Wildman–Crippen MR) is 103 cm³/mol. The van der Waals surface area contributed by atoms with E-state index in [1.54, 1.807) is 24.3 Å².